The summed E-state index contributed by atoms with van der Waals surface area (Å²) in [6.07, 6.45) is 38.2. The van der Waals surface area contributed by atoms with Crippen molar-refractivity contribution in [3.63, 3.8) is 0 Å². The normalized spacial score (nSPS) is 12.9. The number of hydrogen-bond acceptors (Lipinski definition) is 4. The van der Waals surface area contributed by atoms with E-state index < -0.39 is 5.41 Å². The third-order valence-electron chi connectivity index (χ3n) is 8.84. The Morgan fingerprint density at radius 2 is 0.690 bits per heavy atom. The number of rotatable bonds is 36. The maximum Gasteiger partial charge on any atom is 0.169 e. The molecule has 0 fully saturated rings. The van der Waals surface area contributed by atoms with E-state index in [-0.39, 0.29) is 6.10 Å². The highest BCUT2D eigenvalue weighted by Gasteiger charge is 2.34. The van der Waals surface area contributed by atoms with Crippen LogP contribution in [0.1, 0.15) is 207 Å². The van der Waals surface area contributed by atoms with Crippen LogP contribution in [0.15, 0.2) is 0 Å². The van der Waals surface area contributed by atoms with E-state index in [1.54, 1.807) is 0 Å². The van der Waals surface area contributed by atoms with Crippen LogP contribution in [0.2, 0.25) is 0 Å². The van der Waals surface area contributed by atoms with E-state index in [0.717, 1.165) is 36.3 Å². The van der Waals surface area contributed by atoms with Gasteiger partial charge in [-0.3, -0.25) is 0 Å². The Bertz CT molecular complexity index is 470. The van der Waals surface area contributed by atoms with Gasteiger partial charge < -0.3 is 9.47 Å². The lowest BCUT2D eigenvalue weighted by molar-refractivity contribution is -0.370. The van der Waals surface area contributed by atoms with Crippen molar-refractivity contribution in [1.82, 2.24) is 0 Å². The van der Waals surface area contributed by atoms with Gasteiger partial charge in [-0.25, -0.2) is 9.78 Å². The fraction of sp³-hybridized carbons (Fsp3) is 1.00. The van der Waals surface area contributed by atoms with Gasteiger partial charge in [0.25, 0.3) is 0 Å². The van der Waals surface area contributed by atoms with Gasteiger partial charge in [0.15, 0.2) is 5.41 Å². The lowest BCUT2D eigenvalue weighted by atomic mass is 10.0. The third-order valence-corrected chi connectivity index (χ3v) is 10.2. The second-order valence-corrected chi connectivity index (χ2v) is 14.4. The van der Waals surface area contributed by atoms with Gasteiger partial charge in [-0.2, -0.15) is 0 Å². The Morgan fingerprint density at radius 1 is 0.429 bits per heavy atom. The molecule has 0 aromatic carbocycles. The van der Waals surface area contributed by atoms with Crippen LogP contribution in [0, 0.1) is 0 Å². The molecule has 1 unspecified atom stereocenters. The molecule has 4 nitrogen and oxygen atoms in total. The quantitative estimate of drug-likeness (QED) is 0.0231. The molecule has 0 aromatic heterocycles. The van der Waals surface area contributed by atoms with Gasteiger partial charge in [0.2, 0.25) is 0 Å². The number of unbranched alkanes of at least 4 members (excludes halogenated alkanes) is 26. The molecule has 1 atom stereocenters. The highest BCUT2D eigenvalue weighted by atomic mass is 28.1. The maximum atomic E-state index is 6.35. The van der Waals surface area contributed by atoms with Crippen molar-refractivity contribution in [2.24, 2.45) is 0 Å². The van der Waals surface area contributed by atoms with Crippen LogP contribution in [0.25, 0.3) is 0 Å². The van der Waals surface area contributed by atoms with Crippen LogP contribution in [-0.2, 0) is 19.2 Å². The van der Waals surface area contributed by atoms with Crippen molar-refractivity contribution in [2.45, 2.75) is 219 Å². The largest absolute Gasteiger partial charge is 0.352 e. The predicted octanol–water partition coefficient (Wildman–Crippen LogP) is 11.4. The number of hydrogen-bond donors (Lipinski definition) is 0. The maximum absolute atomic E-state index is 6.35. The lowest BCUT2D eigenvalue weighted by Gasteiger charge is -2.35. The average molecular weight is 615 g/mol. The summed E-state index contributed by atoms with van der Waals surface area (Å²) in [5.74, 6) is 0. The molecule has 0 aromatic rings. The van der Waals surface area contributed by atoms with Crippen molar-refractivity contribution >= 4 is 10.2 Å². The Hall–Kier alpha value is 0.0569. The van der Waals surface area contributed by atoms with Gasteiger partial charge in [-0.15, -0.1) is 0 Å². The minimum Gasteiger partial charge on any atom is -0.352 e. The summed E-state index contributed by atoms with van der Waals surface area (Å²) in [4.78, 5) is 10.9. The molecule has 0 aliphatic heterocycles. The molecule has 0 amide bonds. The van der Waals surface area contributed by atoms with Gasteiger partial charge in [-0.1, -0.05) is 181 Å². The highest BCUT2D eigenvalue weighted by molar-refractivity contribution is 6.13. The zero-order valence-electron chi connectivity index (χ0n) is 29.6. The summed E-state index contributed by atoms with van der Waals surface area (Å²) in [7, 11) is 0.762. The Kier molecular flexibility index (Phi) is 34.0. The minimum atomic E-state index is -0.623. The van der Waals surface area contributed by atoms with E-state index in [9.17, 15) is 0 Å². The topological polar surface area (TPSA) is 36.9 Å². The molecular formula is C37H78O4Si. The summed E-state index contributed by atoms with van der Waals surface area (Å²) >= 11 is 0. The summed E-state index contributed by atoms with van der Waals surface area (Å²) in [5.41, 5.74) is -0.623. The van der Waals surface area contributed by atoms with E-state index in [4.69, 9.17) is 19.2 Å². The van der Waals surface area contributed by atoms with Crippen LogP contribution in [0.3, 0.4) is 0 Å². The molecule has 0 heterocycles. The van der Waals surface area contributed by atoms with E-state index in [2.05, 4.69) is 13.8 Å². The summed E-state index contributed by atoms with van der Waals surface area (Å²) in [5, 5.41) is 0. The van der Waals surface area contributed by atoms with E-state index in [1.807, 2.05) is 13.8 Å². The summed E-state index contributed by atoms with van der Waals surface area (Å²) < 4.78 is 12.7. The highest BCUT2D eigenvalue weighted by Crippen LogP contribution is 2.21. The molecule has 0 saturated carbocycles. The van der Waals surface area contributed by atoms with Gasteiger partial charge >= 0.3 is 0 Å². The van der Waals surface area contributed by atoms with Crippen molar-refractivity contribution in [3.8, 4) is 0 Å². The average Bonchev–Trinajstić information content (AvgIpc) is 2.99. The van der Waals surface area contributed by atoms with Crippen molar-refractivity contribution in [3.05, 3.63) is 0 Å². The molecule has 0 aliphatic carbocycles. The smallest absolute Gasteiger partial charge is 0.169 e. The second-order valence-electron chi connectivity index (χ2n) is 13.1. The van der Waals surface area contributed by atoms with E-state index in [1.165, 1.54) is 167 Å². The second kappa shape index (κ2) is 33.9. The fourth-order valence-corrected chi connectivity index (χ4v) is 6.18. The lowest BCUT2D eigenvalue weighted by Crippen LogP contribution is -2.48. The van der Waals surface area contributed by atoms with Crippen LogP contribution in [0.4, 0.5) is 0 Å². The molecule has 0 bridgehead atoms. The first-order valence-corrected chi connectivity index (χ1v) is 20.2. The first-order chi connectivity index (χ1) is 20.6. The SMILES string of the molecule is CCCCCCCCCCCCCCCCOC([SiH3])(OCCCCCCCCCCCCCCCC)C(C)OOCC. The van der Waals surface area contributed by atoms with E-state index >= 15 is 0 Å². The molecule has 254 valence electrons. The molecule has 0 N–H and O–H groups in total. The Labute approximate surface area is 267 Å². The molecular weight excluding hydrogens is 536 g/mol. The minimum absolute atomic E-state index is 0.206. The van der Waals surface area contributed by atoms with Gasteiger partial charge in [0.1, 0.15) is 6.10 Å². The molecule has 0 aliphatic rings. The van der Waals surface area contributed by atoms with Crippen LogP contribution in [0.5, 0.6) is 0 Å². The van der Waals surface area contributed by atoms with Crippen LogP contribution < -0.4 is 0 Å². The zero-order chi connectivity index (χ0) is 30.8. The van der Waals surface area contributed by atoms with Gasteiger partial charge in [0.05, 0.1) is 16.8 Å². The van der Waals surface area contributed by atoms with Gasteiger partial charge in [0, 0.05) is 13.2 Å². The standard InChI is InChI=1S/C37H78O4Si/c1-5-8-10-12-14-16-18-20-22-24-26-28-30-32-34-38-37(42,36(4)41-40-7-3)39-35-33-31-29-27-25-23-21-19-17-15-13-11-9-6-2/h36H,5-35H2,1-4,42H3. The Balaban J connectivity index is 3.82. The van der Waals surface area contributed by atoms with Crippen molar-refractivity contribution in [1.29, 1.82) is 0 Å². The first kappa shape index (κ1) is 42.1. The molecule has 0 saturated heterocycles. The first-order valence-electron chi connectivity index (χ1n) is 19.2. The van der Waals surface area contributed by atoms with Crippen molar-refractivity contribution in [2.75, 3.05) is 19.8 Å². The molecule has 42 heavy (non-hydrogen) atoms. The monoisotopic (exact) mass is 615 g/mol. The molecule has 0 spiro atoms. The molecule has 0 rings (SSSR count). The van der Waals surface area contributed by atoms with Gasteiger partial charge in [-0.05, 0) is 26.7 Å². The summed E-state index contributed by atoms with van der Waals surface area (Å²) in [6.45, 7) is 10.6. The molecule has 0 radical (unpaired) electrons. The summed E-state index contributed by atoms with van der Waals surface area (Å²) in [6, 6.07) is 0. The third kappa shape index (κ3) is 28.8. The van der Waals surface area contributed by atoms with E-state index in [0.29, 0.717) is 6.61 Å². The zero-order valence-corrected chi connectivity index (χ0v) is 31.6. The number of ether oxygens (including phenoxy) is 2. The molecule has 5 heteroatoms. The Morgan fingerprint density at radius 3 is 0.952 bits per heavy atom. The van der Waals surface area contributed by atoms with Crippen molar-refractivity contribution < 1.29 is 19.2 Å². The van der Waals surface area contributed by atoms with Crippen LogP contribution in [-0.4, -0.2) is 41.6 Å². The predicted molar refractivity (Wildman–Crippen MR) is 187 cm³/mol. The fourth-order valence-electron chi connectivity index (χ4n) is 5.68. The van der Waals surface area contributed by atoms with Crippen LogP contribution >= 0.6 is 0 Å².